The normalized spacial score (nSPS) is 17.9. The van der Waals surface area contributed by atoms with E-state index < -0.39 is 5.97 Å². The van der Waals surface area contributed by atoms with Crippen molar-refractivity contribution < 1.29 is 24.2 Å². The SMILES string of the molecule is COc1ccc(C(=O)O)cc1CC1CCN(C(=O)c2ccc3c(c2)CCO3)C1. The summed E-state index contributed by atoms with van der Waals surface area (Å²) in [5.41, 5.74) is 2.92. The summed E-state index contributed by atoms with van der Waals surface area (Å²) in [4.78, 5) is 26.0. The fourth-order valence-corrected chi connectivity index (χ4v) is 4.07. The number of carboxylic acid groups (broad SMARTS) is 1. The predicted molar refractivity (Wildman–Crippen MR) is 103 cm³/mol. The van der Waals surface area contributed by atoms with Gasteiger partial charge >= 0.3 is 5.97 Å². The molecular weight excluding hydrogens is 358 g/mol. The Morgan fingerprint density at radius 2 is 2.04 bits per heavy atom. The van der Waals surface area contributed by atoms with E-state index in [1.54, 1.807) is 25.3 Å². The van der Waals surface area contributed by atoms with Crippen molar-refractivity contribution in [3.63, 3.8) is 0 Å². The average Bonchev–Trinajstić information content (AvgIpc) is 3.36. The second kappa shape index (κ2) is 7.54. The minimum absolute atomic E-state index is 0.0449. The maximum absolute atomic E-state index is 12.9. The van der Waals surface area contributed by atoms with E-state index in [1.165, 1.54) is 0 Å². The van der Waals surface area contributed by atoms with E-state index in [1.807, 2.05) is 23.1 Å². The number of ether oxygens (including phenoxy) is 2. The van der Waals surface area contributed by atoms with Crippen molar-refractivity contribution >= 4 is 11.9 Å². The molecule has 1 N–H and O–H groups in total. The standard InChI is InChI=1S/C22H23NO5/c1-27-19-4-3-17(22(25)26)12-18(19)10-14-6-8-23(13-14)21(24)16-2-5-20-15(11-16)7-9-28-20/h2-5,11-12,14H,6-10,13H2,1H3,(H,25,26). The molecule has 0 bridgehead atoms. The molecule has 1 saturated heterocycles. The number of carbonyl (C=O) groups is 2. The number of hydrogen-bond donors (Lipinski definition) is 1. The van der Waals surface area contributed by atoms with Crippen LogP contribution in [-0.2, 0) is 12.8 Å². The van der Waals surface area contributed by atoms with E-state index in [0.29, 0.717) is 37.4 Å². The van der Waals surface area contributed by atoms with Gasteiger partial charge in [0.15, 0.2) is 0 Å². The molecule has 0 saturated carbocycles. The molecule has 6 nitrogen and oxygen atoms in total. The third kappa shape index (κ3) is 3.54. The zero-order valence-corrected chi connectivity index (χ0v) is 15.8. The number of hydrogen-bond acceptors (Lipinski definition) is 4. The first-order valence-corrected chi connectivity index (χ1v) is 9.50. The van der Waals surface area contributed by atoms with Crippen molar-refractivity contribution in [2.24, 2.45) is 5.92 Å². The van der Waals surface area contributed by atoms with E-state index in [4.69, 9.17) is 9.47 Å². The molecule has 1 unspecified atom stereocenters. The van der Waals surface area contributed by atoms with Crippen LogP contribution in [0.25, 0.3) is 0 Å². The monoisotopic (exact) mass is 381 g/mol. The molecule has 1 fully saturated rings. The molecule has 1 amide bonds. The van der Waals surface area contributed by atoms with Crippen molar-refractivity contribution in [1.29, 1.82) is 0 Å². The second-order valence-electron chi connectivity index (χ2n) is 7.36. The number of nitrogens with zero attached hydrogens (tertiary/aromatic N) is 1. The van der Waals surface area contributed by atoms with Crippen LogP contribution in [0.3, 0.4) is 0 Å². The molecule has 0 aliphatic carbocycles. The van der Waals surface area contributed by atoms with Crippen molar-refractivity contribution in [2.75, 3.05) is 26.8 Å². The van der Waals surface area contributed by atoms with Crippen molar-refractivity contribution in [1.82, 2.24) is 4.90 Å². The fourth-order valence-electron chi connectivity index (χ4n) is 4.07. The number of benzene rings is 2. The molecule has 2 aliphatic heterocycles. The quantitative estimate of drug-likeness (QED) is 0.862. The molecule has 2 aromatic rings. The molecule has 0 spiro atoms. The Morgan fingerprint density at radius 1 is 1.21 bits per heavy atom. The van der Waals surface area contributed by atoms with Crippen LogP contribution in [0, 0.1) is 5.92 Å². The molecule has 0 radical (unpaired) electrons. The van der Waals surface area contributed by atoms with Gasteiger partial charge in [-0.05, 0) is 66.3 Å². The van der Waals surface area contributed by atoms with E-state index in [-0.39, 0.29) is 17.4 Å². The minimum atomic E-state index is -0.951. The summed E-state index contributed by atoms with van der Waals surface area (Å²) >= 11 is 0. The van der Waals surface area contributed by atoms with Gasteiger partial charge in [0.25, 0.3) is 5.91 Å². The molecule has 2 aromatic carbocycles. The first kappa shape index (κ1) is 18.3. The zero-order chi connectivity index (χ0) is 19.7. The first-order chi connectivity index (χ1) is 13.5. The van der Waals surface area contributed by atoms with Gasteiger partial charge in [0.2, 0.25) is 0 Å². The summed E-state index contributed by atoms with van der Waals surface area (Å²) in [5, 5.41) is 9.24. The highest BCUT2D eigenvalue weighted by Crippen LogP contribution is 2.30. The van der Waals surface area contributed by atoms with Gasteiger partial charge in [0, 0.05) is 25.1 Å². The maximum atomic E-state index is 12.9. The maximum Gasteiger partial charge on any atom is 0.335 e. The summed E-state index contributed by atoms with van der Waals surface area (Å²) in [6, 6.07) is 10.6. The third-order valence-corrected chi connectivity index (χ3v) is 5.55. The minimum Gasteiger partial charge on any atom is -0.496 e. The van der Waals surface area contributed by atoms with Gasteiger partial charge in [-0.3, -0.25) is 4.79 Å². The Kier molecular flexibility index (Phi) is 4.94. The summed E-state index contributed by atoms with van der Waals surface area (Å²) in [6.45, 7) is 2.04. The lowest BCUT2D eigenvalue weighted by atomic mass is 9.96. The highest BCUT2D eigenvalue weighted by atomic mass is 16.5. The third-order valence-electron chi connectivity index (χ3n) is 5.55. The van der Waals surface area contributed by atoms with Crippen molar-refractivity contribution in [2.45, 2.75) is 19.3 Å². The van der Waals surface area contributed by atoms with Gasteiger partial charge in [-0.15, -0.1) is 0 Å². The lowest BCUT2D eigenvalue weighted by Gasteiger charge is -2.18. The Bertz CT molecular complexity index is 923. The highest BCUT2D eigenvalue weighted by Gasteiger charge is 2.28. The van der Waals surface area contributed by atoms with Crippen LogP contribution in [0.1, 0.15) is 38.3 Å². The number of carboxylic acids is 1. The van der Waals surface area contributed by atoms with Crippen LogP contribution >= 0.6 is 0 Å². The van der Waals surface area contributed by atoms with Crippen LogP contribution in [0.5, 0.6) is 11.5 Å². The van der Waals surface area contributed by atoms with E-state index in [0.717, 1.165) is 29.7 Å². The van der Waals surface area contributed by atoms with Gasteiger partial charge in [-0.25, -0.2) is 4.79 Å². The largest absolute Gasteiger partial charge is 0.496 e. The summed E-state index contributed by atoms with van der Waals surface area (Å²) in [5.74, 6) is 0.936. The number of fused-ring (bicyclic) bond motifs is 1. The molecule has 146 valence electrons. The number of amides is 1. The van der Waals surface area contributed by atoms with Crippen LogP contribution in [-0.4, -0.2) is 48.7 Å². The van der Waals surface area contributed by atoms with Gasteiger partial charge in [0.1, 0.15) is 11.5 Å². The Balaban J connectivity index is 1.45. The molecule has 2 heterocycles. The zero-order valence-electron chi connectivity index (χ0n) is 15.8. The van der Waals surface area contributed by atoms with Crippen LogP contribution in [0.2, 0.25) is 0 Å². The van der Waals surface area contributed by atoms with Crippen LogP contribution < -0.4 is 9.47 Å². The highest BCUT2D eigenvalue weighted by molar-refractivity contribution is 5.95. The topological polar surface area (TPSA) is 76.1 Å². The van der Waals surface area contributed by atoms with Gasteiger partial charge in [-0.1, -0.05) is 0 Å². The van der Waals surface area contributed by atoms with E-state index in [9.17, 15) is 14.7 Å². The van der Waals surface area contributed by atoms with Gasteiger partial charge in [0.05, 0.1) is 19.3 Å². The Hall–Kier alpha value is -3.02. The summed E-state index contributed by atoms with van der Waals surface area (Å²) in [7, 11) is 1.58. The average molecular weight is 381 g/mol. The summed E-state index contributed by atoms with van der Waals surface area (Å²) in [6.07, 6.45) is 2.42. The molecule has 6 heteroatoms. The number of likely N-dealkylation sites (tertiary alicyclic amines) is 1. The molecule has 4 rings (SSSR count). The number of methoxy groups -OCH3 is 1. The second-order valence-corrected chi connectivity index (χ2v) is 7.36. The van der Waals surface area contributed by atoms with Crippen LogP contribution in [0.4, 0.5) is 0 Å². The predicted octanol–water partition coefficient (Wildman–Crippen LogP) is 3.03. The molecule has 1 atom stereocenters. The van der Waals surface area contributed by atoms with E-state index in [2.05, 4.69) is 0 Å². The Morgan fingerprint density at radius 3 is 2.82 bits per heavy atom. The van der Waals surface area contributed by atoms with Gasteiger partial charge in [-0.2, -0.15) is 0 Å². The van der Waals surface area contributed by atoms with Crippen molar-refractivity contribution in [3.8, 4) is 11.5 Å². The smallest absolute Gasteiger partial charge is 0.335 e. The fraction of sp³-hybridized carbons (Fsp3) is 0.364. The summed E-state index contributed by atoms with van der Waals surface area (Å²) < 4.78 is 10.9. The Labute approximate surface area is 163 Å². The molecule has 28 heavy (non-hydrogen) atoms. The first-order valence-electron chi connectivity index (χ1n) is 9.50. The van der Waals surface area contributed by atoms with Crippen LogP contribution in [0.15, 0.2) is 36.4 Å². The lowest BCUT2D eigenvalue weighted by Crippen LogP contribution is -2.29. The lowest BCUT2D eigenvalue weighted by molar-refractivity contribution is 0.0696. The number of carbonyl (C=O) groups excluding carboxylic acids is 1. The van der Waals surface area contributed by atoms with E-state index >= 15 is 0 Å². The molecular formula is C22H23NO5. The number of rotatable bonds is 5. The molecule has 2 aliphatic rings. The van der Waals surface area contributed by atoms with Gasteiger partial charge < -0.3 is 19.5 Å². The number of aromatic carboxylic acids is 1. The van der Waals surface area contributed by atoms with Crippen molar-refractivity contribution in [3.05, 3.63) is 58.7 Å². The molecule has 0 aromatic heterocycles.